The average molecular weight is 388 g/mol. The van der Waals surface area contributed by atoms with E-state index >= 15 is 0 Å². The zero-order valence-corrected chi connectivity index (χ0v) is 15.5. The lowest BCUT2D eigenvalue weighted by atomic mass is 10.00. The van der Waals surface area contributed by atoms with E-state index in [1.807, 2.05) is 6.07 Å². The van der Waals surface area contributed by atoms with Crippen molar-refractivity contribution in [3.05, 3.63) is 53.6 Å². The van der Waals surface area contributed by atoms with Crippen LogP contribution >= 0.6 is 0 Å². The lowest BCUT2D eigenvalue weighted by molar-refractivity contribution is -0.117. The van der Waals surface area contributed by atoms with Gasteiger partial charge >= 0.3 is 0 Å². The van der Waals surface area contributed by atoms with E-state index < -0.39 is 17.7 Å². The van der Waals surface area contributed by atoms with Crippen molar-refractivity contribution in [2.24, 2.45) is 0 Å². The lowest BCUT2D eigenvalue weighted by Gasteiger charge is -2.20. The van der Waals surface area contributed by atoms with E-state index in [4.69, 9.17) is 4.74 Å². The number of hydrazine groups is 1. The number of carbonyl (C=O) groups excluding carboxylic acids is 1. The number of ether oxygens (including phenoxy) is 1. The Hall–Kier alpha value is -2.71. The first-order valence-corrected chi connectivity index (χ1v) is 9.23. The van der Waals surface area contributed by atoms with Crippen LogP contribution in [0.15, 0.2) is 36.4 Å². The van der Waals surface area contributed by atoms with E-state index in [9.17, 15) is 13.6 Å². The maximum Gasteiger partial charge on any atom is 0.249 e. The molecular weight excluding hydrogens is 366 g/mol. The van der Waals surface area contributed by atoms with Gasteiger partial charge in [0.2, 0.25) is 5.91 Å². The van der Waals surface area contributed by atoms with Gasteiger partial charge in [-0.15, -0.1) is 0 Å². The van der Waals surface area contributed by atoms with Crippen molar-refractivity contribution in [3.63, 3.8) is 0 Å². The number of nitrogens with zero attached hydrogens (tertiary/aromatic N) is 1. The molecule has 2 aromatic carbocycles. The van der Waals surface area contributed by atoms with Crippen LogP contribution in [0.2, 0.25) is 0 Å². The average Bonchev–Trinajstić information content (AvgIpc) is 3.35. The van der Waals surface area contributed by atoms with Crippen molar-refractivity contribution in [2.45, 2.75) is 18.4 Å². The summed E-state index contributed by atoms with van der Waals surface area (Å²) in [5.74, 6) is -0.489. The molecule has 0 aromatic heterocycles. The van der Waals surface area contributed by atoms with Gasteiger partial charge < -0.3 is 15.0 Å². The van der Waals surface area contributed by atoms with Crippen LogP contribution in [0.4, 0.5) is 20.2 Å². The predicted octanol–water partition coefficient (Wildman–Crippen LogP) is 2.38. The summed E-state index contributed by atoms with van der Waals surface area (Å²) in [4.78, 5) is 14.2. The molecule has 4 rings (SSSR count). The minimum absolute atomic E-state index is 0.191. The third-order valence-corrected chi connectivity index (χ3v) is 5.26. The topological polar surface area (TPSA) is 65.6 Å². The highest BCUT2D eigenvalue weighted by molar-refractivity contribution is 6.01. The van der Waals surface area contributed by atoms with Crippen LogP contribution in [-0.4, -0.2) is 38.7 Å². The van der Waals surface area contributed by atoms with Crippen molar-refractivity contribution in [1.29, 1.82) is 0 Å². The molecule has 2 saturated heterocycles. The Bertz CT molecular complexity index is 887. The molecule has 6 nitrogen and oxygen atoms in total. The summed E-state index contributed by atoms with van der Waals surface area (Å²) in [5.41, 5.74) is 7.38. The molecule has 2 fully saturated rings. The molecule has 2 aliphatic rings. The first-order valence-electron chi connectivity index (χ1n) is 9.23. The van der Waals surface area contributed by atoms with Crippen LogP contribution in [0.1, 0.15) is 17.9 Å². The van der Waals surface area contributed by atoms with Crippen LogP contribution in [0.3, 0.4) is 0 Å². The first kappa shape index (κ1) is 18.6. The number of hydrogen-bond donors (Lipinski definition) is 3. The monoisotopic (exact) mass is 388 g/mol. The van der Waals surface area contributed by atoms with Crippen LogP contribution in [-0.2, 0) is 4.79 Å². The molecule has 0 spiro atoms. The molecule has 148 valence electrons. The van der Waals surface area contributed by atoms with Gasteiger partial charge in [0.15, 0.2) is 0 Å². The third-order valence-electron chi connectivity index (χ3n) is 5.26. The van der Waals surface area contributed by atoms with Crippen LogP contribution in [0.25, 0.3) is 0 Å². The molecule has 0 saturated carbocycles. The molecule has 28 heavy (non-hydrogen) atoms. The number of hydrogen-bond acceptors (Lipinski definition) is 5. The van der Waals surface area contributed by atoms with E-state index in [2.05, 4.69) is 16.2 Å². The smallest absolute Gasteiger partial charge is 0.249 e. The SMILES string of the molecule is COc1ccc(F)c(NC2CCN(c3ccc(C4CNNC4)cc3F)C2=O)c1. The quantitative estimate of drug-likeness (QED) is 0.734. The summed E-state index contributed by atoms with van der Waals surface area (Å²) in [6.07, 6.45) is 0.452. The Morgan fingerprint density at radius 1 is 1.11 bits per heavy atom. The molecule has 2 heterocycles. The van der Waals surface area contributed by atoms with Gasteiger partial charge in [-0.3, -0.25) is 15.6 Å². The van der Waals surface area contributed by atoms with Crippen LogP contribution in [0.5, 0.6) is 5.75 Å². The fourth-order valence-corrected chi connectivity index (χ4v) is 3.68. The lowest BCUT2D eigenvalue weighted by Crippen LogP contribution is -2.34. The number of methoxy groups -OCH3 is 1. The van der Waals surface area contributed by atoms with Crippen molar-refractivity contribution in [3.8, 4) is 5.75 Å². The molecule has 0 radical (unpaired) electrons. The summed E-state index contributed by atoms with van der Waals surface area (Å²) >= 11 is 0. The number of rotatable bonds is 5. The van der Waals surface area contributed by atoms with Crippen molar-refractivity contribution in [1.82, 2.24) is 10.9 Å². The molecular formula is C20H22F2N4O2. The summed E-state index contributed by atoms with van der Waals surface area (Å²) in [6, 6.07) is 8.67. The van der Waals surface area contributed by atoms with Gasteiger partial charge in [-0.25, -0.2) is 8.78 Å². The Kier molecular flexibility index (Phi) is 5.15. The molecule has 2 aromatic rings. The van der Waals surface area contributed by atoms with Crippen LogP contribution < -0.4 is 25.8 Å². The van der Waals surface area contributed by atoms with Gasteiger partial charge in [-0.1, -0.05) is 6.07 Å². The molecule has 1 unspecified atom stereocenters. The van der Waals surface area contributed by atoms with Gasteiger partial charge in [-0.2, -0.15) is 0 Å². The fourth-order valence-electron chi connectivity index (χ4n) is 3.68. The molecule has 2 aliphatic heterocycles. The maximum atomic E-state index is 14.7. The van der Waals surface area contributed by atoms with Crippen molar-refractivity contribution < 1.29 is 18.3 Å². The number of nitrogens with one attached hydrogen (secondary N) is 3. The second kappa shape index (κ2) is 7.73. The number of halogens is 2. The number of amides is 1. The highest BCUT2D eigenvalue weighted by Crippen LogP contribution is 2.30. The Morgan fingerprint density at radius 3 is 2.61 bits per heavy atom. The zero-order valence-electron chi connectivity index (χ0n) is 15.5. The van der Waals surface area contributed by atoms with Crippen LogP contribution in [0, 0.1) is 11.6 Å². The number of benzene rings is 2. The molecule has 8 heteroatoms. The summed E-state index contributed by atoms with van der Waals surface area (Å²) in [6.45, 7) is 1.84. The largest absolute Gasteiger partial charge is 0.497 e. The second-order valence-electron chi connectivity index (χ2n) is 6.99. The Balaban J connectivity index is 1.50. The summed E-state index contributed by atoms with van der Waals surface area (Å²) in [7, 11) is 1.49. The number of carbonyl (C=O) groups is 1. The van der Waals surface area contributed by atoms with E-state index in [0.717, 1.165) is 18.7 Å². The summed E-state index contributed by atoms with van der Waals surface area (Å²) in [5, 5.41) is 2.92. The van der Waals surface area contributed by atoms with Gasteiger partial charge in [-0.05, 0) is 36.2 Å². The highest BCUT2D eigenvalue weighted by atomic mass is 19.1. The highest BCUT2D eigenvalue weighted by Gasteiger charge is 2.34. The Labute approximate surface area is 161 Å². The minimum Gasteiger partial charge on any atom is -0.497 e. The van der Waals surface area contributed by atoms with Gasteiger partial charge in [0.1, 0.15) is 23.4 Å². The fraction of sp³-hybridized carbons (Fsp3) is 0.350. The predicted molar refractivity (Wildman–Crippen MR) is 102 cm³/mol. The molecule has 1 amide bonds. The maximum absolute atomic E-state index is 14.7. The van der Waals surface area contributed by atoms with Gasteiger partial charge in [0.05, 0.1) is 18.5 Å². The van der Waals surface area contributed by atoms with E-state index in [1.54, 1.807) is 6.07 Å². The Morgan fingerprint density at radius 2 is 1.89 bits per heavy atom. The molecule has 0 aliphatic carbocycles. The zero-order chi connectivity index (χ0) is 19.7. The van der Waals surface area contributed by atoms with E-state index in [1.165, 1.54) is 36.3 Å². The van der Waals surface area contributed by atoms with Gasteiger partial charge in [0, 0.05) is 31.6 Å². The van der Waals surface area contributed by atoms with E-state index in [-0.39, 0.29) is 23.2 Å². The van der Waals surface area contributed by atoms with Crippen molar-refractivity contribution in [2.75, 3.05) is 37.0 Å². The molecule has 3 N–H and O–H groups in total. The first-order chi connectivity index (χ1) is 13.6. The standard InChI is InChI=1S/C20H22F2N4O2/c1-28-14-3-4-15(21)18(9-14)25-17-6-7-26(20(17)27)19-5-2-12(8-16(19)22)13-10-23-24-11-13/h2-5,8-9,13,17,23-25H,6-7,10-11H2,1H3. The molecule has 1 atom stereocenters. The number of anilines is 2. The third kappa shape index (κ3) is 3.53. The molecule has 0 bridgehead atoms. The van der Waals surface area contributed by atoms with E-state index in [0.29, 0.717) is 18.7 Å². The summed E-state index contributed by atoms with van der Waals surface area (Å²) < 4.78 is 33.9. The second-order valence-corrected chi connectivity index (χ2v) is 6.99. The van der Waals surface area contributed by atoms with Gasteiger partial charge in [0.25, 0.3) is 0 Å². The van der Waals surface area contributed by atoms with Crippen molar-refractivity contribution >= 4 is 17.3 Å². The minimum atomic E-state index is -0.621. The normalized spacial score (nSPS) is 20.0.